The molecule has 0 amide bonds. The van der Waals surface area contributed by atoms with Crippen LogP contribution < -0.4 is 29.6 Å². The second-order valence-electron chi connectivity index (χ2n) is 1.19. The molecule has 0 bridgehead atoms. The predicted molar refractivity (Wildman–Crippen MR) is 29.5 cm³/mol. The minimum absolute atomic E-state index is 0. The second kappa shape index (κ2) is 10.8. The Morgan fingerprint density at radius 1 is 1.38 bits per heavy atom. The van der Waals surface area contributed by atoms with E-state index in [0.717, 1.165) is 6.61 Å². The van der Waals surface area contributed by atoms with Crippen molar-refractivity contribution in [1.29, 1.82) is 0 Å². The van der Waals surface area contributed by atoms with E-state index in [1.807, 2.05) is 6.92 Å². The van der Waals surface area contributed by atoms with E-state index in [1.54, 1.807) is 7.11 Å². The van der Waals surface area contributed by atoms with E-state index in [0.29, 0.717) is 13.2 Å². The Morgan fingerprint density at radius 3 is 2.38 bits per heavy atom. The Bertz CT molecular complexity index is 34.1. The summed E-state index contributed by atoms with van der Waals surface area (Å²) in [5.74, 6) is 0. The van der Waals surface area contributed by atoms with Crippen LogP contribution in [-0.2, 0) is 9.47 Å². The maximum absolute atomic E-state index is 4.95. The van der Waals surface area contributed by atoms with Crippen LogP contribution in [0.3, 0.4) is 0 Å². The minimum Gasteiger partial charge on any atom is -1.00 e. The van der Waals surface area contributed by atoms with Crippen molar-refractivity contribution in [3.63, 3.8) is 0 Å². The molecule has 0 heterocycles. The van der Waals surface area contributed by atoms with Crippen LogP contribution in [0.5, 0.6) is 0 Å². The molecule has 3 heteroatoms. The summed E-state index contributed by atoms with van der Waals surface area (Å²) < 4.78 is 9.67. The minimum atomic E-state index is 0. The number of hydrogen-bond donors (Lipinski definition) is 0. The summed E-state index contributed by atoms with van der Waals surface area (Å²) in [6, 6.07) is 0. The normalized spacial score (nSPS) is 8.25. The predicted octanol–water partition coefficient (Wildman–Crippen LogP) is -2.21. The zero-order valence-electron chi connectivity index (χ0n) is 6.94. The number of ether oxygens (including phenoxy) is 2. The molecule has 0 fully saturated rings. The van der Waals surface area contributed by atoms with Gasteiger partial charge in [-0.1, -0.05) is 0 Å². The average molecular weight is 128 g/mol. The largest absolute Gasteiger partial charge is 1.00 e. The summed E-state index contributed by atoms with van der Waals surface area (Å²) in [5, 5.41) is 0. The van der Waals surface area contributed by atoms with Gasteiger partial charge in [0.2, 0.25) is 0 Å². The summed E-state index contributed by atoms with van der Waals surface area (Å²) in [4.78, 5) is 0. The third-order valence-corrected chi connectivity index (χ3v) is 0.636. The van der Waals surface area contributed by atoms with E-state index >= 15 is 0 Å². The van der Waals surface area contributed by atoms with Crippen LogP contribution in [0.15, 0.2) is 0 Å². The van der Waals surface area contributed by atoms with Crippen LogP contribution in [0.2, 0.25) is 0 Å². The number of methoxy groups -OCH3 is 1. The average Bonchev–Trinajstić information content (AvgIpc) is 1.69. The molecule has 2 nitrogen and oxygen atoms in total. The van der Waals surface area contributed by atoms with Gasteiger partial charge in [-0.2, -0.15) is 0 Å². The van der Waals surface area contributed by atoms with E-state index in [1.165, 1.54) is 0 Å². The maximum Gasteiger partial charge on any atom is 1.00 e. The molecule has 0 saturated heterocycles. The number of hydrogen-bond acceptors (Lipinski definition) is 2. The first-order valence-electron chi connectivity index (χ1n) is 2.48. The van der Waals surface area contributed by atoms with Crippen molar-refractivity contribution in [1.82, 2.24) is 0 Å². The topological polar surface area (TPSA) is 18.5 Å². The Kier molecular flexibility index (Phi) is 15.8. The van der Waals surface area contributed by atoms with E-state index in [-0.39, 0.29) is 31.0 Å². The SMILES string of the molecule is CCOCCOC.[H-].[Na+]. The van der Waals surface area contributed by atoms with Crippen molar-refractivity contribution in [2.24, 2.45) is 0 Å². The summed E-state index contributed by atoms with van der Waals surface area (Å²) in [7, 11) is 1.67. The molecular formula is C5H13NaO2. The Hall–Kier alpha value is 0.920. The number of rotatable bonds is 4. The molecule has 8 heavy (non-hydrogen) atoms. The zero-order chi connectivity index (χ0) is 5.54. The van der Waals surface area contributed by atoms with Gasteiger partial charge < -0.3 is 10.9 Å². The van der Waals surface area contributed by atoms with E-state index in [2.05, 4.69) is 0 Å². The van der Waals surface area contributed by atoms with Gasteiger partial charge in [0.25, 0.3) is 0 Å². The van der Waals surface area contributed by atoms with Gasteiger partial charge in [0.05, 0.1) is 13.2 Å². The van der Waals surface area contributed by atoms with Gasteiger partial charge in [0.1, 0.15) is 0 Å². The Labute approximate surface area is 74.3 Å². The smallest absolute Gasteiger partial charge is 1.00 e. The molecule has 0 N–H and O–H groups in total. The monoisotopic (exact) mass is 128 g/mol. The van der Waals surface area contributed by atoms with Gasteiger partial charge in [-0.05, 0) is 6.92 Å². The molecule has 0 aromatic carbocycles. The van der Waals surface area contributed by atoms with Gasteiger partial charge in [0, 0.05) is 13.7 Å². The summed E-state index contributed by atoms with van der Waals surface area (Å²) >= 11 is 0. The van der Waals surface area contributed by atoms with Crippen molar-refractivity contribution in [2.75, 3.05) is 26.9 Å². The molecule has 0 rings (SSSR count). The van der Waals surface area contributed by atoms with Gasteiger partial charge in [-0.3, -0.25) is 0 Å². The summed E-state index contributed by atoms with van der Waals surface area (Å²) in [6.45, 7) is 4.17. The van der Waals surface area contributed by atoms with Crippen molar-refractivity contribution in [3.05, 3.63) is 0 Å². The van der Waals surface area contributed by atoms with Crippen molar-refractivity contribution in [2.45, 2.75) is 6.92 Å². The first-order chi connectivity index (χ1) is 3.41. The molecule has 0 aromatic rings. The van der Waals surface area contributed by atoms with Crippen molar-refractivity contribution >= 4 is 0 Å². The van der Waals surface area contributed by atoms with Crippen LogP contribution in [0.1, 0.15) is 8.35 Å². The summed E-state index contributed by atoms with van der Waals surface area (Å²) in [6.07, 6.45) is 0. The van der Waals surface area contributed by atoms with Crippen LogP contribution in [0, 0.1) is 0 Å². The Balaban J connectivity index is -0.000000180. The second-order valence-corrected chi connectivity index (χ2v) is 1.19. The van der Waals surface area contributed by atoms with Crippen LogP contribution in [0.4, 0.5) is 0 Å². The fourth-order valence-electron chi connectivity index (χ4n) is 0.287. The molecule has 0 aliphatic carbocycles. The summed E-state index contributed by atoms with van der Waals surface area (Å²) in [5.41, 5.74) is 0. The first kappa shape index (κ1) is 11.7. The molecule has 0 aliphatic heterocycles. The van der Waals surface area contributed by atoms with Gasteiger partial charge >= 0.3 is 29.6 Å². The zero-order valence-corrected chi connectivity index (χ0v) is 7.94. The van der Waals surface area contributed by atoms with Gasteiger partial charge in [0.15, 0.2) is 0 Å². The molecule has 0 saturated carbocycles. The van der Waals surface area contributed by atoms with Crippen LogP contribution in [-0.4, -0.2) is 26.9 Å². The first-order valence-corrected chi connectivity index (χ1v) is 2.48. The van der Waals surface area contributed by atoms with Crippen molar-refractivity contribution < 1.29 is 40.5 Å². The third-order valence-electron chi connectivity index (χ3n) is 0.636. The molecule has 0 aromatic heterocycles. The molecule has 0 unspecified atom stereocenters. The molecule has 46 valence electrons. The van der Waals surface area contributed by atoms with Gasteiger partial charge in [-0.15, -0.1) is 0 Å². The molecule has 0 radical (unpaired) electrons. The quantitative estimate of drug-likeness (QED) is 0.315. The van der Waals surface area contributed by atoms with E-state index in [9.17, 15) is 0 Å². The molecule has 0 atom stereocenters. The van der Waals surface area contributed by atoms with E-state index in [4.69, 9.17) is 9.47 Å². The van der Waals surface area contributed by atoms with Crippen LogP contribution in [0.25, 0.3) is 0 Å². The fraction of sp³-hybridized carbons (Fsp3) is 1.00. The molecule has 0 aliphatic rings. The van der Waals surface area contributed by atoms with Gasteiger partial charge in [-0.25, -0.2) is 0 Å². The third kappa shape index (κ3) is 10.0. The van der Waals surface area contributed by atoms with E-state index < -0.39 is 0 Å². The van der Waals surface area contributed by atoms with Crippen LogP contribution >= 0.6 is 0 Å². The molecule has 0 spiro atoms. The standard InChI is InChI=1S/C5H12O2.Na.H/c1-3-7-5-4-6-2;;/h3-5H2,1-2H3;;/q;+1;-1. The molecular weight excluding hydrogens is 115 g/mol. The fourth-order valence-corrected chi connectivity index (χ4v) is 0.287. The maximum atomic E-state index is 4.95. The Morgan fingerprint density at radius 2 is 2.00 bits per heavy atom. The van der Waals surface area contributed by atoms with Crippen molar-refractivity contribution in [3.8, 4) is 0 Å².